The number of amides is 5. The smallest absolute Gasteiger partial charge is 0.243 e. The van der Waals surface area contributed by atoms with E-state index in [0.29, 0.717) is 25.7 Å². The fourth-order valence-corrected chi connectivity index (χ4v) is 5.89. The van der Waals surface area contributed by atoms with E-state index in [1.807, 2.05) is 27.7 Å². The van der Waals surface area contributed by atoms with E-state index >= 15 is 0 Å². The lowest BCUT2D eigenvalue weighted by molar-refractivity contribution is -0.134. The summed E-state index contributed by atoms with van der Waals surface area (Å²) in [6.45, 7) is 9.78. The number of carbonyl (C=O) groups excluding carboxylic acids is 5. The van der Waals surface area contributed by atoms with Crippen molar-refractivity contribution in [3.8, 4) is 0 Å². The van der Waals surface area contributed by atoms with Gasteiger partial charge in [-0.15, -0.1) is 0 Å². The lowest BCUT2D eigenvalue weighted by atomic mass is 9.96. The molecule has 0 aromatic heterocycles. The first-order valence-corrected chi connectivity index (χ1v) is 19.8. The normalized spacial score (nSPS) is 13.5. The SMILES string of the molecule is CCCCCCCCCCCCCCCCCC(=O)N[C@@H](CC(C)C)C(=O)N[C@H](C(=O)NCC(=O)N[C@@H](CCCN=C(N)N)C(N)=O)[C@@H](C)CC. The summed E-state index contributed by atoms with van der Waals surface area (Å²) in [7, 11) is 0. The summed E-state index contributed by atoms with van der Waals surface area (Å²) in [5, 5.41) is 10.8. The molecule has 10 N–H and O–H groups in total. The van der Waals surface area contributed by atoms with Crippen LogP contribution >= 0.6 is 0 Å². The summed E-state index contributed by atoms with van der Waals surface area (Å²) in [6.07, 6.45) is 20.7. The predicted molar refractivity (Wildman–Crippen MR) is 206 cm³/mol. The lowest BCUT2D eigenvalue weighted by Gasteiger charge is -2.27. The number of nitrogens with zero attached hydrogens (tertiary/aromatic N) is 1. The van der Waals surface area contributed by atoms with Gasteiger partial charge in [0.2, 0.25) is 29.5 Å². The van der Waals surface area contributed by atoms with E-state index in [2.05, 4.69) is 33.2 Å². The zero-order valence-electron chi connectivity index (χ0n) is 32.7. The van der Waals surface area contributed by atoms with Gasteiger partial charge in [-0.1, -0.05) is 131 Å². The number of rotatable bonds is 32. The van der Waals surface area contributed by atoms with Crippen LogP contribution in [0.5, 0.6) is 0 Å². The topological polar surface area (TPSA) is 224 Å². The minimum atomic E-state index is -0.955. The van der Waals surface area contributed by atoms with Crippen LogP contribution in [0.3, 0.4) is 0 Å². The van der Waals surface area contributed by atoms with Gasteiger partial charge in [0.15, 0.2) is 5.96 Å². The maximum Gasteiger partial charge on any atom is 0.243 e. The second-order valence-corrected chi connectivity index (χ2v) is 14.5. The van der Waals surface area contributed by atoms with Crippen LogP contribution in [-0.2, 0) is 24.0 Å². The molecule has 0 aliphatic carbocycles. The Balaban J connectivity index is 4.72. The highest BCUT2D eigenvalue weighted by molar-refractivity contribution is 5.94. The Morgan fingerprint density at radius 3 is 1.59 bits per heavy atom. The minimum Gasteiger partial charge on any atom is -0.370 e. The number of unbranched alkanes of at least 4 members (excludes halogenated alkanes) is 14. The van der Waals surface area contributed by atoms with Gasteiger partial charge in [-0.25, -0.2) is 0 Å². The van der Waals surface area contributed by atoms with Crippen molar-refractivity contribution in [2.75, 3.05) is 13.1 Å². The van der Waals surface area contributed by atoms with Gasteiger partial charge in [0, 0.05) is 13.0 Å². The van der Waals surface area contributed by atoms with Crippen molar-refractivity contribution in [1.29, 1.82) is 0 Å². The summed E-state index contributed by atoms with van der Waals surface area (Å²) in [5.41, 5.74) is 16.0. The Bertz CT molecular complexity index is 1020. The molecule has 0 aliphatic heterocycles. The molecule has 0 spiro atoms. The Labute approximate surface area is 308 Å². The molecule has 0 heterocycles. The molecular formula is C38H74N8O5. The first-order valence-electron chi connectivity index (χ1n) is 19.8. The molecule has 13 nitrogen and oxygen atoms in total. The number of carbonyl (C=O) groups is 5. The molecule has 0 aliphatic rings. The van der Waals surface area contributed by atoms with Gasteiger partial charge in [0.1, 0.15) is 18.1 Å². The molecule has 296 valence electrons. The van der Waals surface area contributed by atoms with Crippen molar-refractivity contribution >= 4 is 35.5 Å². The van der Waals surface area contributed by atoms with Gasteiger partial charge in [0.05, 0.1) is 6.54 Å². The molecule has 0 fully saturated rings. The highest BCUT2D eigenvalue weighted by Gasteiger charge is 2.30. The molecular weight excluding hydrogens is 648 g/mol. The van der Waals surface area contributed by atoms with Crippen molar-refractivity contribution in [3.63, 3.8) is 0 Å². The molecule has 0 unspecified atom stereocenters. The fraction of sp³-hybridized carbons (Fsp3) is 0.842. The van der Waals surface area contributed by atoms with Gasteiger partial charge >= 0.3 is 0 Å². The second kappa shape index (κ2) is 30.3. The largest absolute Gasteiger partial charge is 0.370 e. The van der Waals surface area contributed by atoms with Crippen molar-refractivity contribution in [2.45, 2.75) is 181 Å². The third-order valence-electron chi connectivity index (χ3n) is 9.21. The molecule has 0 saturated heterocycles. The number of aliphatic imine (C=N–C) groups is 1. The first kappa shape index (κ1) is 47.6. The van der Waals surface area contributed by atoms with Crippen molar-refractivity contribution in [3.05, 3.63) is 0 Å². The molecule has 4 atom stereocenters. The van der Waals surface area contributed by atoms with Gasteiger partial charge in [-0.05, 0) is 37.5 Å². The van der Waals surface area contributed by atoms with Gasteiger partial charge in [-0.3, -0.25) is 29.0 Å². The van der Waals surface area contributed by atoms with Crippen LogP contribution in [0.2, 0.25) is 0 Å². The Morgan fingerprint density at radius 2 is 1.12 bits per heavy atom. The monoisotopic (exact) mass is 723 g/mol. The Morgan fingerprint density at radius 1 is 0.608 bits per heavy atom. The van der Waals surface area contributed by atoms with Crippen molar-refractivity contribution in [1.82, 2.24) is 21.3 Å². The van der Waals surface area contributed by atoms with Crippen LogP contribution in [0.25, 0.3) is 0 Å². The van der Waals surface area contributed by atoms with Gasteiger partial charge in [0.25, 0.3) is 0 Å². The lowest BCUT2D eigenvalue weighted by Crippen LogP contribution is -2.57. The second-order valence-electron chi connectivity index (χ2n) is 14.5. The van der Waals surface area contributed by atoms with Crippen molar-refractivity contribution in [2.24, 2.45) is 34.0 Å². The van der Waals surface area contributed by atoms with Crippen LogP contribution < -0.4 is 38.5 Å². The average Bonchev–Trinajstić information content (AvgIpc) is 3.07. The van der Waals surface area contributed by atoms with Crippen LogP contribution in [0.15, 0.2) is 4.99 Å². The molecule has 0 saturated carbocycles. The Hall–Kier alpha value is -3.38. The van der Waals surface area contributed by atoms with Crippen LogP contribution in [0, 0.1) is 11.8 Å². The molecule has 5 amide bonds. The third-order valence-corrected chi connectivity index (χ3v) is 9.21. The maximum absolute atomic E-state index is 13.4. The minimum absolute atomic E-state index is 0.0753. The number of hydrogen-bond donors (Lipinski definition) is 7. The van der Waals surface area contributed by atoms with E-state index in [1.54, 1.807) is 0 Å². The highest BCUT2D eigenvalue weighted by atomic mass is 16.2. The van der Waals surface area contributed by atoms with Crippen molar-refractivity contribution < 1.29 is 24.0 Å². The van der Waals surface area contributed by atoms with Gasteiger partial charge < -0.3 is 38.5 Å². The summed E-state index contributed by atoms with van der Waals surface area (Å²) in [5.74, 6) is -2.67. The summed E-state index contributed by atoms with van der Waals surface area (Å²) < 4.78 is 0. The molecule has 0 aromatic rings. The fourth-order valence-electron chi connectivity index (χ4n) is 5.89. The number of nitrogens with one attached hydrogen (secondary N) is 4. The maximum atomic E-state index is 13.4. The average molecular weight is 723 g/mol. The molecule has 0 rings (SSSR count). The van der Waals surface area contributed by atoms with E-state index in [9.17, 15) is 24.0 Å². The van der Waals surface area contributed by atoms with Crippen LogP contribution in [0.4, 0.5) is 0 Å². The van der Waals surface area contributed by atoms with Crippen LogP contribution in [0.1, 0.15) is 163 Å². The standard InChI is InChI=1S/C38H74N8O5/c1-6-8-9-10-11-12-13-14-15-16-17-18-19-20-21-24-32(47)45-31(26-28(3)4)36(50)46-34(29(5)7-2)37(51)43-27-33(48)44-30(35(39)49)23-22-25-42-38(40)41/h28-31,34H,6-27H2,1-5H3,(H2,39,49)(H,43,51)(H,44,48)(H,45,47)(H,46,50)(H4,40,41,42)/t29-,30-,31-,34-/m0/s1. The molecule has 0 aromatic carbocycles. The van der Waals surface area contributed by atoms with E-state index in [1.165, 1.54) is 77.0 Å². The van der Waals surface area contributed by atoms with E-state index < -0.39 is 48.3 Å². The number of primary amides is 1. The van der Waals surface area contributed by atoms with E-state index in [4.69, 9.17) is 17.2 Å². The Kier molecular flexibility index (Phi) is 28.3. The number of nitrogens with two attached hydrogens (primary N) is 3. The van der Waals surface area contributed by atoms with Gasteiger partial charge in [-0.2, -0.15) is 0 Å². The highest BCUT2D eigenvalue weighted by Crippen LogP contribution is 2.15. The quantitative estimate of drug-likeness (QED) is 0.0300. The number of hydrogen-bond acceptors (Lipinski definition) is 6. The zero-order chi connectivity index (χ0) is 38.4. The van der Waals surface area contributed by atoms with E-state index in [0.717, 1.165) is 19.3 Å². The molecule has 0 radical (unpaired) electrons. The first-order chi connectivity index (χ1) is 24.3. The summed E-state index contributed by atoms with van der Waals surface area (Å²) in [4.78, 5) is 67.7. The molecule has 13 heteroatoms. The van der Waals surface area contributed by atoms with Crippen LogP contribution in [-0.4, -0.2) is 66.7 Å². The third kappa shape index (κ3) is 26.1. The molecule has 51 heavy (non-hydrogen) atoms. The number of guanidine groups is 1. The zero-order valence-corrected chi connectivity index (χ0v) is 32.7. The summed E-state index contributed by atoms with van der Waals surface area (Å²) >= 11 is 0. The summed E-state index contributed by atoms with van der Waals surface area (Å²) in [6, 6.07) is -2.67. The van der Waals surface area contributed by atoms with E-state index in [-0.39, 0.29) is 36.7 Å². The molecule has 0 bridgehead atoms. The predicted octanol–water partition coefficient (Wildman–Crippen LogP) is 4.45.